The third-order valence-electron chi connectivity index (χ3n) is 2.80. The number of rotatable bonds is 5. The average Bonchev–Trinajstić information content (AvgIpc) is 3.20. The molecule has 0 bridgehead atoms. The minimum absolute atomic E-state index is 0.222. The molecule has 0 aliphatic rings. The van der Waals surface area contributed by atoms with Crippen molar-refractivity contribution >= 4 is 46.3 Å². The van der Waals surface area contributed by atoms with Gasteiger partial charge in [-0.3, -0.25) is 4.79 Å². The van der Waals surface area contributed by atoms with Gasteiger partial charge in [-0.05, 0) is 30.5 Å². The van der Waals surface area contributed by atoms with Crippen molar-refractivity contribution in [3.8, 4) is 10.8 Å². The molecule has 1 atom stereocenters. The number of pyridine rings is 1. The molecule has 0 radical (unpaired) electrons. The van der Waals surface area contributed by atoms with E-state index in [2.05, 4.69) is 20.5 Å². The number of aromatic nitrogens is 3. The monoisotopic (exact) mass is 366 g/mol. The van der Waals surface area contributed by atoms with Gasteiger partial charge in [0, 0.05) is 6.20 Å². The average molecular weight is 367 g/mol. The van der Waals surface area contributed by atoms with Crippen molar-refractivity contribution in [1.82, 2.24) is 15.2 Å². The van der Waals surface area contributed by atoms with Crippen LogP contribution in [-0.2, 0) is 4.79 Å². The lowest BCUT2D eigenvalue weighted by atomic mass is 10.4. The molecule has 3 aromatic heterocycles. The summed E-state index contributed by atoms with van der Waals surface area (Å²) in [5, 5.41) is 12.7. The van der Waals surface area contributed by atoms with Gasteiger partial charge in [0.15, 0.2) is 5.15 Å². The second-order valence-corrected chi connectivity index (χ2v) is 7.04. The first kappa shape index (κ1) is 16.0. The van der Waals surface area contributed by atoms with Crippen LogP contribution >= 0.6 is 34.7 Å². The van der Waals surface area contributed by atoms with E-state index in [1.54, 1.807) is 25.3 Å². The van der Waals surface area contributed by atoms with Crippen molar-refractivity contribution < 1.29 is 9.21 Å². The first-order valence-corrected chi connectivity index (χ1v) is 8.72. The summed E-state index contributed by atoms with van der Waals surface area (Å²) in [6, 6.07) is 7.19. The van der Waals surface area contributed by atoms with Crippen LogP contribution < -0.4 is 5.32 Å². The van der Waals surface area contributed by atoms with Crippen LogP contribution in [0.5, 0.6) is 0 Å². The first-order valence-electron chi connectivity index (χ1n) is 6.59. The molecular formula is C14H11ClN4O2S2. The molecule has 0 unspecified atom stereocenters. The largest absolute Gasteiger partial charge is 0.410 e. The Morgan fingerprint density at radius 1 is 1.39 bits per heavy atom. The minimum Gasteiger partial charge on any atom is -0.410 e. The van der Waals surface area contributed by atoms with Crippen LogP contribution in [0.2, 0.25) is 5.15 Å². The molecule has 23 heavy (non-hydrogen) atoms. The van der Waals surface area contributed by atoms with E-state index < -0.39 is 5.25 Å². The fourth-order valence-electron chi connectivity index (χ4n) is 1.68. The predicted octanol–water partition coefficient (Wildman–Crippen LogP) is 3.97. The smallest absolute Gasteiger partial charge is 0.277 e. The van der Waals surface area contributed by atoms with E-state index in [9.17, 15) is 4.79 Å². The maximum atomic E-state index is 12.2. The first-order chi connectivity index (χ1) is 11.1. The maximum absolute atomic E-state index is 12.2. The number of carbonyl (C=O) groups is 1. The summed E-state index contributed by atoms with van der Waals surface area (Å²) in [5.74, 6) is 0.228. The molecular weight excluding hydrogens is 356 g/mol. The third kappa shape index (κ3) is 3.90. The SMILES string of the molecule is C[C@H](Sc1nnc(-c2cccs2)o1)C(=O)Nc1cccnc1Cl. The Balaban J connectivity index is 1.64. The van der Waals surface area contributed by atoms with Crippen LogP contribution in [0.4, 0.5) is 5.69 Å². The Hall–Kier alpha value is -1.90. The summed E-state index contributed by atoms with van der Waals surface area (Å²) >= 11 is 8.62. The van der Waals surface area contributed by atoms with Crippen LogP contribution in [-0.4, -0.2) is 26.3 Å². The highest BCUT2D eigenvalue weighted by Crippen LogP contribution is 2.29. The predicted molar refractivity (Wildman–Crippen MR) is 90.8 cm³/mol. The van der Waals surface area contributed by atoms with Crippen LogP contribution in [0.1, 0.15) is 6.92 Å². The van der Waals surface area contributed by atoms with Gasteiger partial charge in [0.25, 0.3) is 11.1 Å². The van der Waals surface area contributed by atoms with Crippen molar-refractivity contribution in [2.45, 2.75) is 17.4 Å². The van der Waals surface area contributed by atoms with E-state index in [1.807, 2.05) is 17.5 Å². The number of hydrogen-bond donors (Lipinski definition) is 1. The molecule has 1 amide bonds. The van der Waals surface area contributed by atoms with Crippen molar-refractivity contribution in [2.24, 2.45) is 0 Å². The molecule has 3 rings (SSSR count). The second-order valence-electron chi connectivity index (χ2n) is 4.44. The second kappa shape index (κ2) is 7.12. The highest BCUT2D eigenvalue weighted by atomic mass is 35.5. The number of nitrogens with one attached hydrogen (secondary N) is 1. The fraction of sp³-hybridized carbons (Fsp3) is 0.143. The van der Waals surface area contributed by atoms with E-state index in [-0.39, 0.29) is 11.1 Å². The Labute approximate surface area is 145 Å². The Morgan fingerprint density at radius 2 is 2.26 bits per heavy atom. The van der Waals surface area contributed by atoms with Gasteiger partial charge in [0.2, 0.25) is 5.91 Å². The zero-order valence-corrected chi connectivity index (χ0v) is 14.3. The van der Waals surface area contributed by atoms with Gasteiger partial charge in [0.1, 0.15) is 0 Å². The van der Waals surface area contributed by atoms with Crippen LogP contribution in [0.25, 0.3) is 10.8 Å². The Kier molecular flexibility index (Phi) is 4.94. The standard InChI is InChI=1S/C14H11ClN4O2S2/c1-8(12(20)17-9-4-2-6-16-11(9)15)23-14-19-18-13(21-14)10-5-3-7-22-10/h2-8H,1H3,(H,17,20)/t8-/m0/s1. The normalized spacial score (nSPS) is 12.1. The number of amides is 1. The molecule has 1 N–H and O–H groups in total. The van der Waals surface area contributed by atoms with Gasteiger partial charge in [-0.2, -0.15) is 0 Å². The van der Waals surface area contributed by atoms with Crippen LogP contribution in [0.15, 0.2) is 45.5 Å². The van der Waals surface area contributed by atoms with Gasteiger partial charge in [-0.15, -0.1) is 21.5 Å². The number of carbonyl (C=O) groups excluding carboxylic acids is 1. The topological polar surface area (TPSA) is 80.9 Å². The van der Waals surface area contributed by atoms with Crippen LogP contribution in [0, 0.1) is 0 Å². The lowest BCUT2D eigenvalue weighted by Crippen LogP contribution is -2.22. The van der Waals surface area contributed by atoms with Gasteiger partial charge in [0.05, 0.1) is 15.8 Å². The zero-order chi connectivity index (χ0) is 16.2. The van der Waals surface area contributed by atoms with Crippen LogP contribution in [0.3, 0.4) is 0 Å². The Morgan fingerprint density at radius 3 is 3.00 bits per heavy atom. The molecule has 3 heterocycles. The summed E-state index contributed by atoms with van der Waals surface area (Å²) in [6.45, 7) is 1.75. The molecule has 0 spiro atoms. The molecule has 118 valence electrons. The number of nitrogens with zero attached hydrogens (tertiary/aromatic N) is 3. The summed E-state index contributed by atoms with van der Waals surface area (Å²) in [6.07, 6.45) is 1.56. The number of thioether (sulfide) groups is 1. The van der Waals surface area contributed by atoms with E-state index in [0.29, 0.717) is 16.8 Å². The van der Waals surface area contributed by atoms with Gasteiger partial charge >= 0.3 is 0 Å². The molecule has 0 saturated heterocycles. The maximum Gasteiger partial charge on any atom is 0.277 e. The highest BCUT2D eigenvalue weighted by molar-refractivity contribution is 8.00. The molecule has 0 saturated carbocycles. The van der Waals surface area contributed by atoms with Gasteiger partial charge in [-0.25, -0.2) is 4.98 Å². The van der Waals surface area contributed by atoms with E-state index in [4.69, 9.17) is 16.0 Å². The lowest BCUT2D eigenvalue weighted by Gasteiger charge is -2.10. The molecule has 0 aliphatic carbocycles. The summed E-state index contributed by atoms with van der Waals surface area (Å²) < 4.78 is 5.56. The number of halogens is 1. The van der Waals surface area contributed by atoms with E-state index in [0.717, 1.165) is 4.88 Å². The quantitative estimate of drug-likeness (QED) is 0.543. The summed E-state index contributed by atoms with van der Waals surface area (Å²) in [7, 11) is 0. The van der Waals surface area contributed by atoms with Gasteiger partial charge in [-0.1, -0.05) is 29.4 Å². The molecule has 9 heteroatoms. The molecule has 0 aliphatic heterocycles. The van der Waals surface area contributed by atoms with Gasteiger partial charge < -0.3 is 9.73 Å². The van der Waals surface area contributed by atoms with E-state index in [1.165, 1.54) is 23.1 Å². The molecule has 6 nitrogen and oxygen atoms in total. The molecule has 3 aromatic rings. The van der Waals surface area contributed by atoms with Crippen molar-refractivity contribution in [3.05, 3.63) is 41.0 Å². The summed E-state index contributed by atoms with van der Waals surface area (Å²) in [4.78, 5) is 17.0. The van der Waals surface area contributed by atoms with E-state index >= 15 is 0 Å². The highest BCUT2D eigenvalue weighted by Gasteiger charge is 2.20. The number of thiophene rings is 1. The minimum atomic E-state index is -0.428. The summed E-state index contributed by atoms with van der Waals surface area (Å²) in [5.41, 5.74) is 0.469. The molecule has 0 aromatic carbocycles. The lowest BCUT2D eigenvalue weighted by molar-refractivity contribution is -0.115. The molecule has 0 fully saturated rings. The van der Waals surface area contributed by atoms with Crippen molar-refractivity contribution in [2.75, 3.05) is 5.32 Å². The third-order valence-corrected chi connectivity index (χ3v) is 4.90. The van der Waals surface area contributed by atoms with Crippen molar-refractivity contribution in [1.29, 1.82) is 0 Å². The zero-order valence-electron chi connectivity index (χ0n) is 11.9. The van der Waals surface area contributed by atoms with Crippen molar-refractivity contribution in [3.63, 3.8) is 0 Å². The fourth-order valence-corrected chi connectivity index (χ4v) is 3.17. The number of hydrogen-bond acceptors (Lipinski definition) is 7. The Bertz CT molecular complexity index is 807. The number of anilines is 1.